The number of esters is 2. The van der Waals surface area contributed by atoms with Crippen LogP contribution in [-0.4, -0.2) is 43.1 Å². The molecule has 0 aliphatic rings. The molecule has 0 aromatic carbocycles. The summed E-state index contributed by atoms with van der Waals surface area (Å²) >= 11 is 0. The maximum absolute atomic E-state index is 11.3. The molecule has 19 heavy (non-hydrogen) atoms. The van der Waals surface area contributed by atoms with Crippen molar-refractivity contribution < 1.29 is 19.1 Å². The highest BCUT2D eigenvalue weighted by Gasteiger charge is 2.16. The molecular weight excluding hydrogens is 248 g/mol. The fourth-order valence-electron chi connectivity index (χ4n) is 1.18. The second-order valence-electron chi connectivity index (χ2n) is 3.60. The van der Waals surface area contributed by atoms with Crippen LogP contribution in [0.1, 0.15) is 13.8 Å². The van der Waals surface area contributed by atoms with Crippen LogP contribution in [-0.2, 0) is 19.1 Å². The zero-order chi connectivity index (χ0) is 14.8. The standard InChI is InChI=1S/C13H18N2O4/c1-5-18-12(16)10(3)7-15(9-14)8-11(4)13(17)19-6-2/h3-8H2,1-2H3. The largest absolute Gasteiger partial charge is 0.463 e. The predicted octanol–water partition coefficient (Wildman–Crippen LogP) is 1.01. The fraction of sp³-hybridized carbons (Fsp3) is 0.462. The molecule has 0 aliphatic carbocycles. The number of hydrogen-bond acceptors (Lipinski definition) is 6. The first-order chi connectivity index (χ1) is 8.96. The molecular formula is C13H18N2O4. The molecule has 6 heteroatoms. The van der Waals surface area contributed by atoms with Crippen LogP contribution in [0.5, 0.6) is 0 Å². The van der Waals surface area contributed by atoms with Gasteiger partial charge in [-0.3, -0.25) is 0 Å². The van der Waals surface area contributed by atoms with Crippen LogP contribution in [0.2, 0.25) is 0 Å². The molecule has 0 atom stereocenters. The van der Waals surface area contributed by atoms with Crippen molar-refractivity contribution in [3.63, 3.8) is 0 Å². The quantitative estimate of drug-likeness (QED) is 0.282. The Morgan fingerprint density at radius 2 is 1.42 bits per heavy atom. The maximum Gasteiger partial charge on any atom is 0.335 e. The van der Waals surface area contributed by atoms with Gasteiger partial charge in [0, 0.05) is 0 Å². The minimum Gasteiger partial charge on any atom is -0.463 e. The van der Waals surface area contributed by atoms with Gasteiger partial charge < -0.3 is 14.4 Å². The van der Waals surface area contributed by atoms with Crippen LogP contribution in [0, 0.1) is 11.5 Å². The van der Waals surface area contributed by atoms with Gasteiger partial charge in [-0.1, -0.05) is 13.2 Å². The second-order valence-corrected chi connectivity index (χ2v) is 3.60. The van der Waals surface area contributed by atoms with E-state index in [1.807, 2.05) is 6.19 Å². The Bertz CT molecular complexity index is 377. The number of hydrogen-bond donors (Lipinski definition) is 0. The van der Waals surface area contributed by atoms with Gasteiger partial charge in [0.05, 0.1) is 37.4 Å². The Labute approximate surface area is 112 Å². The Balaban J connectivity index is 4.41. The van der Waals surface area contributed by atoms with Crippen LogP contribution in [0.15, 0.2) is 24.3 Å². The fourth-order valence-corrected chi connectivity index (χ4v) is 1.18. The third kappa shape index (κ3) is 6.27. The smallest absolute Gasteiger partial charge is 0.335 e. The van der Waals surface area contributed by atoms with Crippen molar-refractivity contribution in [3.8, 4) is 6.19 Å². The van der Waals surface area contributed by atoms with Gasteiger partial charge >= 0.3 is 11.9 Å². The van der Waals surface area contributed by atoms with Crippen LogP contribution < -0.4 is 0 Å². The van der Waals surface area contributed by atoms with Crippen molar-refractivity contribution in [3.05, 3.63) is 24.3 Å². The molecule has 0 saturated heterocycles. The number of ether oxygens (including phenoxy) is 2. The van der Waals surface area contributed by atoms with Crippen LogP contribution >= 0.6 is 0 Å². The molecule has 0 aromatic rings. The lowest BCUT2D eigenvalue weighted by molar-refractivity contribution is -0.139. The molecule has 0 N–H and O–H groups in total. The lowest BCUT2D eigenvalue weighted by Gasteiger charge is -2.17. The third-order valence-electron chi connectivity index (χ3n) is 2.03. The van der Waals surface area contributed by atoms with Gasteiger partial charge in [0.1, 0.15) is 0 Å². The van der Waals surface area contributed by atoms with Gasteiger partial charge in [-0.2, -0.15) is 5.26 Å². The summed E-state index contributed by atoms with van der Waals surface area (Å²) in [6, 6.07) is 0. The summed E-state index contributed by atoms with van der Waals surface area (Å²) in [7, 11) is 0. The van der Waals surface area contributed by atoms with Crippen molar-refractivity contribution in [1.82, 2.24) is 4.90 Å². The summed E-state index contributed by atoms with van der Waals surface area (Å²) in [5.41, 5.74) is 0.278. The zero-order valence-corrected chi connectivity index (χ0v) is 11.3. The van der Waals surface area contributed by atoms with Crippen molar-refractivity contribution in [1.29, 1.82) is 5.26 Å². The van der Waals surface area contributed by atoms with Crippen LogP contribution in [0.3, 0.4) is 0 Å². The van der Waals surface area contributed by atoms with E-state index in [4.69, 9.17) is 14.7 Å². The number of carbonyl (C=O) groups excluding carboxylic acids is 2. The Hall–Kier alpha value is -2.29. The van der Waals surface area contributed by atoms with Gasteiger partial charge in [0.2, 0.25) is 0 Å². The van der Waals surface area contributed by atoms with E-state index in [1.54, 1.807) is 13.8 Å². The minimum absolute atomic E-state index is 0.0201. The van der Waals surface area contributed by atoms with Gasteiger partial charge in [-0.05, 0) is 13.8 Å². The topological polar surface area (TPSA) is 79.6 Å². The third-order valence-corrected chi connectivity index (χ3v) is 2.03. The highest BCUT2D eigenvalue weighted by atomic mass is 16.5. The minimum atomic E-state index is -0.565. The van der Waals surface area contributed by atoms with E-state index < -0.39 is 11.9 Å². The monoisotopic (exact) mass is 266 g/mol. The number of nitriles is 1. The van der Waals surface area contributed by atoms with Gasteiger partial charge in [-0.15, -0.1) is 0 Å². The molecule has 0 saturated carbocycles. The summed E-state index contributed by atoms with van der Waals surface area (Å²) in [4.78, 5) is 23.9. The molecule has 0 rings (SSSR count). The molecule has 6 nitrogen and oxygen atoms in total. The Morgan fingerprint density at radius 1 is 1.05 bits per heavy atom. The molecule has 0 aliphatic heterocycles. The summed E-state index contributed by atoms with van der Waals surface area (Å²) in [5, 5.41) is 8.94. The lowest BCUT2D eigenvalue weighted by Crippen LogP contribution is -2.28. The van der Waals surface area contributed by atoms with E-state index in [1.165, 1.54) is 4.90 Å². The molecule has 0 spiro atoms. The van der Waals surface area contributed by atoms with E-state index in [9.17, 15) is 9.59 Å². The molecule has 0 aromatic heterocycles. The van der Waals surface area contributed by atoms with E-state index in [0.717, 1.165) is 0 Å². The zero-order valence-electron chi connectivity index (χ0n) is 11.3. The number of nitrogens with zero attached hydrogens (tertiary/aromatic N) is 2. The molecule has 0 bridgehead atoms. The summed E-state index contributed by atoms with van der Waals surface area (Å²) in [6.07, 6.45) is 1.85. The SMILES string of the molecule is C=C(CN(C#N)CC(=C)C(=O)OCC)C(=O)OCC. The second kappa shape index (κ2) is 8.75. The number of rotatable bonds is 8. The first-order valence-corrected chi connectivity index (χ1v) is 5.80. The van der Waals surface area contributed by atoms with Crippen molar-refractivity contribution in [2.45, 2.75) is 13.8 Å². The van der Waals surface area contributed by atoms with Crippen molar-refractivity contribution >= 4 is 11.9 Å². The molecule has 0 amide bonds. The van der Waals surface area contributed by atoms with Crippen molar-refractivity contribution in [2.24, 2.45) is 0 Å². The van der Waals surface area contributed by atoms with Gasteiger partial charge in [-0.25, -0.2) is 9.59 Å². The molecule has 0 heterocycles. The number of carbonyl (C=O) groups is 2. The van der Waals surface area contributed by atoms with E-state index in [2.05, 4.69) is 13.2 Å². The summed E-state index contributed by atoms with van der Waals surface area (Å²) in [5.74, 6) is -1.13. The van der Waals surface area contributed by atoms with Crippen LogP contribution in [0.25, 0.3) is 0 Å². The van der Waals surface area contributed by atoms with Gasteiger partial charge in [0.15, 0.2) is 6.19 Å². The molecule has 104 valence electrons. The average Bonchev–Trinajstić information content (AvgIpc) is 2.38. The Morgan fingerprint density at radius 3 is 1.68 bits per heavy atom. The highest BCUT2D eigenvalue weighted by molar-refractivity contribution is 5.89. The van der Waals surface area contributed by atoms with Crippen molar-refractivity contribution in [2.75, 3.05) is 26.3 Å². The van der Waals surface area contributed by atoms with E-state index in [-0.39, 0.29) is 37.4 Å². The first-order valence-electron chi connectivity index (χ1n) is 5.80. The highest BCUT2D eigenvalue weighted by Crippen LogP contribution is 2.04. The molecule has 0 fully saturated rings. The van der Waals surface area contributed by atoms with E-state index >= 15 is 0 Å². The maximum atomic E-state index is 11.3. The summed E-state index contributed by atoms with van der Waals surface area (Å²) < 4.78 is 9.50. The van der Waals surface area contributed by atoms with Crippen LogP contribution in [0.4, 0.5) is 0 Å². The predicted molar refractivity (Wildman–Crippen MR) is 68.7 cm³/mol. The summed E-state index contributed by atoms with van der Waals surface area (Å²) in [6.45, 7) is 10.9. The molecule has 0 unspecified atom stereocenters. The average molecular weight is 266 g/mol. The molecule has 0 radical (unpaired) electrons. The first kappa shape index (κ1) is 16.7. The normalized spacial score (nSPS) is 9.11. The van der Waals surface area contributed by atoms with E-state index in [0.29, 0.717) is 0 Å². The Kier molecular flexibility index (Phi) is 7.70. The van der Waals surface area contributed by atoms with Gasteiger partial charge in [0.25, 0.3) is 0 Å². The lowest BCUT2D eigenvalue weighted by atomic mass is 10.2.